The molecule has 222 valence electrons. The van der Waals surface area contributed by atoms with Gasteiger partial charge in [0.05, 0.1) is 24.9 Å². The standard InChI is InChI=1S/C30H36N6O5S/c1-18(2)25-30-35-23(17-42-30)29(40)34-22(15-19-9-5-4-6-10-19)27(38)32-13-8-7-11-21(28(39)36-25)33-26(37)20-12-14-31-16-24(20)41-3/h4-6,9-10,12,14,16-18,21-22,25H,7-8,11,13,15H2,1-3H3,(H,32,38)(H,33,37)(H,34,40)(H,36,39)/t21-,22+,25+/m0/s1. The summed E-state index contributed by atoms with van der Waals surface area (Å²) in [5, 5.41) is 13.8. The van der Waals surface area contributed by atoms with Crippen LogP contribution in [0.15, 0.2) is 54.2 Å². The van der Waals surface area contributed by atoms with Crippen molar-refractivity contribution in [3.05, 3.63) is 76.0 Å². The van der Waals surface area contributed by atoms with E-state index in [0.717, 1.165) is 5.56 Å². The van der Waals surface area contributed by atoms with Crippen molar-refractivity contribution in [2.45, 2.75) is 57.7 Å². The van der Waals surface area contributed by atoms with Crippen molar-refractivity contribution in [3.63, 3.8) is 0 Å². The predicted molar refractivity (Wildman–Crippen MR) is 158 cm³/mol. The molecule has 0 radical (unpaired) electrons. The van der Waals surface area contributed by atoms with Crippen LogP contribution in [0.3, 0.4) is 0 Å². The Labute approximate surface area is 248 Å². The van der Waals surface area contributed by atoms with E-state index in [1.54, 1.807) is 5.38 Å². The van der Waals surface area contributed by atoms with Crippen molar-refractivity contribution in [2.24, 2.45) is 5.92 Å². The van der Waals surface area contributed by atoms with Crippen LogP contribution in [0, 0.1) is 5.92 Å². The van der Waals surface area contributed by atoms with Gasteiger partial charge in [0.15, 0.2) is 0 Å². The van der Waals surface area contributed by atoms with Crippen LogP contribution >= 0.6 is 11.3 Å². The Morgan fingerprint density at radius 1 is 1.10 bits per heavy atom. The molecule has 0 aliphatic carbocycles. The lowest BCUT2D eigenvalue weighted by molar-refractivity contribution is -0.124. The number of hydrogen-bond acceptors (Lipinski definition) is 8. The number of ether oxygens (including phenoxy) is 1. The van der Waals surface area contributed by atoms with Gasteiger partial charge in [-0.05, 0) is 36.8 Å². The van der Waals surface area contributed by atoms with Crippen LogP contribution in [-0.4, -0.2) is 59.3 Å². The van der Waals surface area contributed by atoms with Crippen LogP contribution < -0.4 is 26.0 Å². The number of thiazole rings is 1. The fraction of sp³-hybridized carbons (Fsp3) is 0.400. The summed E-state index contributed by atoms with van der Waals surface area (Å²) in [6.45, 7) is 4.23. The van der Waals surface area contributed by atoms with Crippen LogP contribution in [0.5, 0.6) is 5.75 Å². The first kappa shape index (κ1) is 30.6. The molecule has 4 amide bonds. The Morgan fingerprint density at radius 2 is 1.88 bits per heavy atom. The molecule has 4 rings (SSSR count). The number of hydrogen-bond donors (Lipinski definition) is 4. The second kappa shape index (κ2) is 14.5. The SMILES string of the molecule is COc1cnccc1C(=O)N[C@H]1CCCCNC(=O)[C@@H](Cc2ccccc2)NC(=O)c2csc(n2)[C@@H](C(C)C)NC1=O. The van der Waals surface area contributed by atoms with E-state index in [9.17, 15) is 19.2 Å². The van der Waals surface area contributed by atoms with Gasteiger partial charge in [-0.3, -0.25) is 24.2 Å². The average Bonchev–Trinajstić information content (AvgIpc) is 3.48. The summed E-state index contributed by atoms with van der Waals surface area (Å²) in [6.07, 6.45) is 4.71. The van der Waals surface area contributed by atoms with E-state index in [0.29, 0.717) is 43.0 Å². The first-order valence-electron chi connectivity index (χ1n) is 13.9. The second-order valence-corrected chi connectivity index (χ2v) is 11.3. The minimum Gasteiger partial charge on any atom is -0.494 e. The molecule has 3 aromatic rings. The molecular formula is C30H36N6O5S. The molecular weight excluding hydrogens is 556 g/mol. The highest BCUT2D eigenvalue weighted by atomic mass is 32.1. The minimum absolute atomic E-state index is 0.0526. The fourth-order valence-corrected chi connectivity index (χ4v) is 5.66. The highest BCUT2D eigenvalue weighted by molar-refractivity contribution is 7.09. The Morgan fingerprint density at radius 3 is 2.62 bits per heavy atom. The molecule has 0 fully saturated rings. The van der Waals surface area contributed by atoms with Crippen LogP contribution in [0.2, 0.25) is 0 Å². The maximum Gasteiger partial charge on any atom is 0.271 e. The highest BCUT2D eigenvalue weighted by Gasteiger charge is 2.30. The van der Waals surface area contributed by atoms with Crippen LogP contribution in [0.25, 0.3) is 0 Å². The van der Waals surface area contributed by atoms with Gasteiger partial charge in [0, 0.05) is 24.5 Å². The molecule has 3 atom stereocenters. The molecule has 3 heterocycles. The van der Waals surface area contributed by atoms with Crippen LogP contribution in [0.4, 0.5) is 0 Å². The number of rotatable bonds is 6. The molecule has 2 bridgehead atoms. The fourth-order valence-electron chi connectivity index (χ4n) is 4.64. The van der Waals surface area contributed by atoms with Crippen molar-refractivity contribution >= 4 is 35.0 Å². The van der Waals surface area contributed by atoms with Crippen molar-refractivity contribution in [1.82, 2.24) is 31.2 Å². The number of fused-ring (bicyclic) bond motifs is 2. The molecule has 2 aromatic heterocycles. The Hall–Kier alpha value is -4.32. The van der Waals surface area contributed by atoms with Crippen molar-refractivity contribution < 1.29 is 23.9 Å². The van der Waals surface area contributed by atoms with Crippen LogP contribution in [0.1, 0.15) is 70.6 Å². The lowest BCUT2D eigenvalue weighted by atomic mass is 10.0. The quantitative estimate of drug-likeness (QED) is 0.344. The molecule has 12 heteroatoms. The summed E-state index contributed by atoms with van der Waals surface area (Å²) < 4.78 is 5.27. The van der Waals surface area contributed by atoms with Gasteiger partial charge in [-0.25, -0.2) is 4.98 Å². The maximum absolute atomic E-state index is 13.6. The van der Waals surface area contributed by atoms with Gasteiger partial charge in [0.2, 0.25) is 11.8 Å². The number of pyridine rings is 1. The number of amides is 4. The third-order valence-corrected chi connectivity index (χ3v) is 7.91. The number of carbonyl (C=O) groups excluding carboxylic acids is 4. The first-order valence-corrected chi connectivity index (χ1v) is 14.8. The first-order chi connectivity index (χ1) is 20.3. The molecule has 1 aliphatic rings. The van der Waals surface area contributed by atoms with Gasteiger partial charge in [0.25, 0.3) is 11.8 Å². The van der Waals surface area contributed by atoms with E-state index in [-0.39, 0.29) is 29.0 Å². The van der Waals surface area contributed by atoms with Gasteiger partial charge in [-0.1, -0.05) is 44.2 Å². The van der Waals surface area contributed by atoms with E-state index in [2.05, 4.69) is 31.2 Å². The number of benzene rings is 1. The second-order valence-electron chi connectivity index (χ2n) is 10.4. The van der Waals surface area contributed by atoms with Crippen LogP contribution in [-0.2, 0) is 16.0 Å². The third-order valence-electron chi connectivity index (χ3n) is 6.98. The van der Waals surface area contributed by atoms with E-state index < -0.39 is 29.9 Å². The molecule has 1 aliphatic heterocycles. The van der Waals surface area contributed by atoms with Gasteiger partial charge in [0.1, 0.15) is 28.5 Å². The van der Waals surface area contributed by atoms with Crippen molar-refractivity contribution in [2.75, 3.05) is 13.7 Å². The Kier molecular flexibility index (Phi) is 10.6. The van der Waals surface area contributed by atoms with Gasteiger partial charge >= 0.3 is 0 Å². The van der Waals surface area contributed by atoms with Crippen molar-refractivity contribution in [1.29, 1.82) is 0 Å². The van der Waals surface area contributed by atoms with Gasteiger partial charge in [-0.15, -0.1) is 11.3 Å². The summed E-state index contributed by atoms with van der Waals surface area (Å²) in [4.78, 5) is 61.6. The lowest BCUT2D eigenvalue weighted by Crippen LogP contribution is -2.49. The molecule has 4 N–H and O–H groups in total. The predicted octanol–water partition coefficient (Wildman–Crippen LogP) is 2.80. The summed E-state index contributed by atoms with van der Waals surface area (Å²) >= 11 is 1.26. The smallest absolute Gasteiger partial charge is 0.271 e. The summed E-state index contributed by atoms with van der Waals surface area (Å²) in [5.41, 5.74) is 1.35. The molecule has 11 nitrogen and oxygen atoms in total. The summed E-state index contributed by atoms with van der Waals surface area (Å²) in [7, 11) is 1.45. The number of nitrogens with zero attached hydrogens (tertiary/aromatic N) is 2. The van der Waals surface area contributed by atoms with Gasteiger partial charge < -0.3 is 26.0 Å². The number of methoxy groups -OCH3 is 1. The van der Waals surface area contributed by atoms with Crippen molar-refractivity contribution in [3.8, 4) is 5.75 Å². The zero-order chi connectivity index (χ0) is 30.1. The maximum atomic E-state index is 13.6. The largest absolute Gasteiger partial charge is 0.494 e. The third kappa shape index (κ3) is 7.90. The molecule has 0 saturated carbocycles. The summed E-state index contributed by atoms with van der Waals surface area (Å²) in [6, 6.07) is 8.88. The van der Waals surface area contributed by atoms with E-state index in [4.69, 9.17) is 4.74 Å². The molecule has 0 unspecified atom stereocenters. The van der Waals surface area contributed by atoms with E-state index in [1.165, 1.54) is 36.9 Å². The molecule has 0 saturated heterocycles. The summed E-state index contributed by atoms with van der Waals surface area (Å²) in [5.74, 6) is -1.35. The molecule has 1 aromatic carbocycles. The molecule has 0 spiro atoms. The lowest BCUT2D eigenvalue weighted by Gasteiger charge is -2.25. The zero-order valence-corrected chi connectivity index (χ0v) is 24.7. The number of carbonyl (C=O) groups is 4. The van der Waals surface area contributed by atoms with E-state index in [1.807, 2.05) is 44.2 Å². The topological polar surface area (TPSA) is 151 Å². The van der Waals surface area contributed by atoms with Gasteiger partial charge in [-0.2, -0.15) is 0 Å². The minimum atomic E-state index is -0.853. The monoisotopic (exact) mass is 592 g/mol. The molecule has 42 heavy (non-hydrogen) atoms. The normalized spacial score (nSPS) is 20.3. The Balaban J connectivity index is 1.59. The Bertz CT molecular complexity index is 1400. The van der Waals surface area contributed by atoms with E-state index >= 15 is 0 Å². The highest BCUT2D eigenvalue weighted by Crippen LogP contribution is 2.26. The zero-order valence-electron chi connectivity index (χ0n) is 23.9. The number of nitrogens with one attached hydrogen (secondary N) is 4. The average molecular weight is 593 g/mol. The number of aromatic nitrogens is 2.